The fourth-order valence-electron chi connectivity index (χ4n) is 2.83. The van der Waals surface area contributed by atoms with Gasteiger partial charge in [-0.2, -0.15) is 0 Å². The van der Waals surface area contributed by atoms with Crippen molar-refractivity contribution in [2.45, 2.75) is 46.5 Å². The highest BCUT2D eigenvalue weighted by Gasteiger charge is 2.12. The highest BCUT2D eigenvalue weighted by molar-refractivity contribution is 5.97. The second kappa shape index (κ2) is 11.9. The topological polar surface area (TPSA) is 67.4 Å². The number of carbonyl (C=O) groups excluding carboxylic acids is 2. The zero-order chi connectivity index (χ0) is 21.1. The van der Waals surface area contributed by atoms with Gasteiger partial charge in [-0.3, -0.25) is 9.59 Å². The van der Waals surface area contributed by atoms with Crippen LogP contribution >= 0.6 is 0 Å². The number of benzene rings is 2. The Morgan fingerprint density at radius 1 is 0.828 bits per heavy atom. The molecule has 0 fully saturated rings. The van der Waals surface area contributed by atoms with E-state index in [1.54, 1.807) is 0 Å². The van der Waals surface area contributed by atoms with Crippen molar-refractivity contribution in [1.82, 2.24) is 10.6 Å². The first kappa shape index (κ1) is 22.5. The van der Waals surface area contributed by atoms with E-state index in [9.17, 15) is 9.59 Å². The molecule has 0 aliphatic rings. The minimum absolute atomic E-state index is 0.0596. The van der Waals surface area contributed by atoms with Crippen molar-refractivity contribution in [2.75, 3.05) is 19.7 Å². The lowest BCUT2D eigenvalue weighted by molar-refractivity contribution is 0.0940. The molecule has 2 rings (SSSR count). The Hall–Kier alpha value is -2.82. The average molecular weight is 397 g/mol. The zero-order valence-corrected chi connectivity index (χ0v) is 17.7. The molecule has 0 bridgehead atoms. The van der Waals surface area contributed by atoms with E-state index in [0.29, 0.717) is 36.6 Å². The van der Waals surface area contributed by atoms with Crippen molar-refractivity contribution in [3.05, 3.63) is 64.7 Å². The van der Waals surface area contributed by atoms with Gasteiger partial charge in [-0.05, 0) is 62.9 Å². The Morgan fingerprint density at radius 2 is 1.48 bits per heavy atom. The molecule has 29 heavy (non-hydrogen) atoms. The second-order valence-corrected chi connectivity index (χ2v) is 7.29. The van der Waals surface area contributed by atoms with E-state index in [1.165, 1.54) is 0 Å². The third kappa shape index (κ3) is 7.60. The van der Waals surface area contributed by atoms with E-state index in [-0.39, 0.29) is 11.8 Å². The third-order valence-corrected chi connectivity index (χ3v) is 4.63. The van der Waals surface area contributed by atoms with Crippen LogP contribution in [0.5, 0.6) is 5.75 Å². The van der Waals surface area contributed by atoms with Gasteiger partial charge in [0.05, 0.1) is 12.2 Å². The fourth-order valence-corrected chi connectivity index (χ4v) is 2.83. The van der Waals surface area contributed by atoms with Crippen LogP contribution in [0.4, 0.5) is 0 Å². The molecular formula is C24H32N2O3. The molecule has 0 aliphatic carbocycles. The second-order valence-electron chi connectivity index (χ2n) is 7.29. The molecule has 0 saturated carbocycles. The molecule has 0 aromatic heterocycles. The van der Waals surface area contributed by atoms with Gasteiger partial charge in [-0.15, -0.1) is 0 Å². The summed E-state index contributed by atoms with van der Waals surface area (Å²) in [6.07, 6.45) is 3.60. The minimum Gasteiger partial charge on any atom is -0.493 e. The number of nitrogens with one attached hydrogen (secondary N) is 2. The van der Waals surface area contributed by atoms with Gasteiger partial charge in [-0.1, -0.05) is 37.1 Å². The van der Waals surface area contributed by atoms with Gasteiger partial charge < -0.3 is 15.4 Å². The predicted molar refractivity (Wildman–Crippen MR) is 117 cm³/mol. The number of amides is 2. The summed E-state index contributed by atoms with van der Waals surface area (Å²) in [6.45, 7) is 7.83. The monoisotopic (exact) mass is 396 g/mol. The van der Waals surface area contributed by atoms with Gasteiger partial charge in [0.2, 0.25) is 0 Å². The number of carbonyl (C=O) groups is 2. The van der Waals surface area contributed by atoms with E-state index in [0.717, 1.165) is 36.8 Å². The summed E-state index contributed by atoms with van der Waals surface area (Å²) in [5, 5.41) is 5.86. The Labute approximate surface area is 173 Å². The van der Waals surface area contributed by atoms with Crippen molar-refractivity contribution in [3.63, 3.8) is 0 Å². The first-order valence-corrected chi connectivity index (χ1v) is 10.4. The first-order chi connectivity index (χ1) is 14.0. The van der Waals surface area contributed by atoms with Crippen molar-refractivity contribution in [1.29, 1.82) is 0 Å². The Morgan fingerprint density at radius 3 is 2.21 bits per heavy atom. The molecule has 2 aromatic rings. The minimum atomic E-state index is -0.0983. The highest BCUT2D eigenvalue weighted by atomic mass is 16.5. The van der Waals surface area contributed by atoms with Gasteiger partial charge in [0.25, 0.3) is 11.8 Å². The number of rotatable bonds is 11. The maximum absolute atomic E-state index is 12.4. The summed E-state index contributed by atoms with van der Waals surface area (Å²) >= 11 is 0. The van der Waals surface area contributed by atoms with Crippen LogP contribution in [-0.4, -0.2) is 31.5 Å². The molecule has 0 heterocycles. The SMILES string of the molecule is CCCCNC(=O)c1ccc(C)cc1OCCCCNC(=O)c1ccc(C)cc1. The molecule has 0 saturated heterocycles. The van der Waals surface area contributed by atoms with E-state index in [1.807, 2.05) is 56.3 Å². The summed E-state index contributed by atoms with van der Waals surface area (Å²) in [5.41, 5.74) is 3.42. The molecular weight excluding hydrogens is 364 g/mol. The largest absolute Gasteiger partial charge is 0.493 e. The first-order valence-electron chi connectivity index (χ1n) is 10.4. The number of aryl methyl sites for hydroxylation is 2. The lowest BCUT2D eigenvalue weighted by atomic mass is 10.1. The summed E-state index contributed by atoms with van der Waals surface area (Å²) in [7, 11) is 0. The van der Waals surface area contributed by atoms with Gasteiger partial charge in [0, 0.05) is 18.7 Å². The fraction of sp³-hybridized carbons (Fsp3) is 0.417. The van der Waals surface area contributed by atoms with E-state index in [4.69, 9.17) is 4.74 Å². The summed E-state index contributed by atoms with van der Waals surface area (Å²) in [6, 6.07) is 13.2. The van der Waals surface area contributed by atoms with Gasteiger partial charge in [0.1, 0.15) is 5.75 Å². The molecule has 2 N–H and O–H groups in total. The number of unbranched alkanes of at least 4 members (excludes halogenated alkanes) is 2. The van der Waals surface area contributed by atoms with E-state index < -0.39 is 0 Å². The Kier molecular flexibility index (Phi) is 9.22. The number of hydrogen-bond donors (Lipinski definition) is 2. The third-order valence-electron chi connectivity index (χ3n) is 4.63. The van der Waals surface area contributed by atoms with Crippen molar-refractivity contribution < 1.29 is 14.3 Å². The molecule has 0 atom stereocenters. The zero-order valence-electron chi connectivity index (χ0n) is 17.7. The average Bonchev–Trinajstić information content (AvgIpc) is 2.71. The van der Waals surface area contributed by atoms with Crippen LogP contribution in [0.25, 0.3) is 0 Å². The summed E-state index contributed by atoms with van der Waals surface area (Å²) < 4.78 is 5.88. The lowest BCUT2D eigenvalue weighted by Crippen LogP contribution is -2.25. The van der Waals surface area contributed by atoms with Crippen LogP contribution in [0.2, 0.25) is 0 Å². The lowest BCUT2D eigenvalue weighted by Gasteiger charge is -2.13. The predicted octanol–water partition coefficient (Wildman–Crippen LogP) is 4.42. The molecule has 0 unspecified atom stereocenters. The highest BCUT2D eigenvalue weighted by Crippen LogP contribution is 2.20. The standard InChI is InChI=1S/C24H32N2O3/c1-4-5-14-26-24(28)21-13-10-19(3)17-22(21)29-16-7-6-15-25-23(27)20-11-8-18(2)9-12-20/h8-13,17H,4-7,14-16H2,1-3H3,(H,25,27)(H,26,28). The Balaban J connectivity index is 1.75. The quantitative estimate of drug-likeness (QED) is 0.553. The van der Waals surface area contributed by atoms with Crippen LogP contribution in [0.3, 0.4) is 0 Å². The molecule has 2 aromatic carbocycles. The van der Waals surface area contributed by atoms with Crippen LogP contribution in [0.15, 0.2) is 42.5 Å². The van der Waals surface area contributed by atoms with Gasteiger partial charge in [0.15, 0.2) is 0 Å². The molecule has 5 heteroatoms. The number of hydrogen-bond acceptors (Lipinski definition) is 3. The maximum Gasteiger partial charge on any atom is 0.255 e. The van der Waals surface area contributed by atoms with E-state index in [2.05, 4.69) is 17.6 Å². The molecule has 0 radical (unpaired) electrons. The van der Waals surface area contributed by atoms with Gasteiger partial charge in [-0.25, -0.2) is 0 Å². The summed E-state index contributed by atoms with van der Waals surface area (Å²) in [4.78, 5) is 24.5. The van der Waals surface area contributed by atoms with Crippen LogP contribution in [-0.2, 0) is 0 Å². The van der Waals surface area contributed by atoms with Gasteiger partial charge >= 0.3 is 0 Å². The molecule has 0 aliphatic heterocycles. The van der Waals surface area contributed by atoms with Crippen molar-refractivity contribution >= 4 is 11.8 Å². The smallest absolute Gasteiger partial charge is 0.255 e. The normalized spacial score (nSPS) is 10.4. The molecule has 0 spiro atoms. The number of ether oxygens (including phenoxy) is 1. The summed E-state index contributed by atoms with van der Waals surface area (Å²) in [5.74, 6) is 0.456. The van der Waals surface area contributed by atoms with E-state index >= 15 is 0 Å². The molecule has 2 amide bonds. The molecule has 5 nitrogen and oxygen atoms in total. The Bertz CT molecular complexity index is 800. The van der Waals surface area contributed by atoms with Crippen LogP contribution in [0.1, 0.15) is 64.4 Å². The van der Waals surface area contributed by atoms with Crippen LogP contribution in [0, 0.1) is 13.8 Å². The van der Waals surface area contributed by atoms with Crippen molar-refractivity contribution in [3.8, 4) is 5.75 Å². The van der Waals surface area contributed by atoms with Crippen LogP contribution < -0.4 is 15.4 Å². The maximum atomic E-state index is 12.4. The molecule has 156 valence electrons. The van der Waals surface area contributed by atoms with Crippen molar-refractivity contribution in [2.24, 2.45) is 0 Å².